The first-order chi connectivity index (χ1) is 9.18. The molecule has 5 nitrogen and oxygen atoms in total. The second-order valence-corrected chi connectivity index (χ2v) is 6.28. The van der Waals surface area contributed by atoms with Gasteiger partial charge in [-0.2, -0.15) is 0 Å². The summed E-state index contributed by atoms with van der Waals surface area (Å²) in [6, 6.07) is 2.99. The molecular weight excluding hydrogens is 326 g/mol. The summed E-state index contributed by atoms with van der Waals surface area (Å²) in [7, 11) is 0. The Balaban J connectivity index is 2.66. The van der Waals surface area contributed by atoms with Crippen molar-refractivity contribution in [2.75, 3.05) is 0 Å². The Kier molecular flexibility index (Phi) is 5.56. The number of hydrogen-bond acceptors (Lipinski definition) is 3. The molecule has 0 radical (unpaired) electrons. The molecule has 0 fully saturated rings. The molecular formula is C14H18BrNO4. The van der Waals surface area contributed by atoms with E-state index in [4.69, 9.17) is 9.52 Å². The molecule has 0 saturated carbocycles. The van der Waals surface area contributed by atoms with Crippen LogP contribution < -0.4 is 5.32 Å². The third-order valence-corrected chi connectivity index (χ3v) is 3.16. The number of carbonyl (C=O) groups excluding carboxylic acids is 1. The second kappa shape index (κ2) is 6.74. The minimum atomic E-state index is -0.941. The monoisotopic (exact) mass is 343 g/mol. The molecule has 1 amide bonds. The molecule has 6 heteroatoms. The zero-order valence-electron chi connectivity index (χ0n) is 11.6. The van der Waals surface area contributed by atoms with Crippen molar-refractivity contribution in [3.05, 3.63) is 28.6 Å². The van der Waals surface area contributed by atoms with Crippen LogP contribution in [-0.2, 0) is 9.59 Å². The fourth-order valence-electron chi connectivity index (χ4n) is 1.54. The maximum absolute atomic E-state index is 11.8. The fourth-order valence-corrected chi connectivity index (χ4v) is 1.86. The van der Waals surface area contributed by atoms with Crippen LogP contribution in [0.1, 0.15) is 33.0 Å². The van der Waals surface area contributed by atoms with Gasteiger partial charge in [0.05, 0.1) is 6.42 Å². The first kappa shape index (κ1) is 16.5. The summed E-state index contributed by atoms with van der Waals surface area (Å²) in [5, 5.41) is 11.6. The van der Waals surface area contributed by atoms with E-state index in [1.54, 1.807) is 12.1 Å². The molecule has 0 aliphatic carbocycles. The van der Waals surface area contributed by atoms with Crippen molar-refractivity contribution in [3.8, 4) is 0 Å². The van der Waals surface area contributed by atoms with Gasteiger partial charge in [-0.15, -0.1) is 0 Å². The normalized spacial score (nSPS) is 13.4. The van der Waals surface area contributed by atoms with Gasteiger partial charge in [-0.25, -0.2) is 0 Å². The van der Waals surface area contributed by atoms with Gasteiger partial charge in [0.15, 0.2) is 4.67 Å². The second-order valence-electron chi connectivity index (χ2n) is 5.50. The Labute approximate surface area is 126 Å². The summed E-state index contributed by atoms with van der Waals surface area (Å²) in [4.78, 5) is 22.6. The number of aliphatic carboxylic acids is 1. The maximum atomic E-state index is 11.8. The van der Waals surface area contributed by atoms with Crippen molar-refractivity contribution < 1.29 is 19.1 Å². The Morgan fingerprint density at radius 1 is 1.45 bits per heavy atom. The average Bonchev–Trinajstić information content (AvgIpc) is 2.70. The van der Waals surface area contributed by atoms with E-state index < -0.39 is 12.0 Å². The highest BCUT2D eigenvalue weighted by atomic mass is 79.9. The van der Waals surface area contributed by atoms with Crippen molar-refractivity contribution in [3.63, 3.8) is 0 Å². The van der Waals surface area contributed by atoms with Crippen LogP contribution in [-0.4, -0.2) is 23.0 Å². The first-order valence-corrected chi connectivity index (χ1v) is 6.93. The zero-order valence-corrected chi connectivity index (χ0v) is 13.2. The molecule has 0 saturated heterocycles. The third kappa shape index (κ3) is 5.61. The van der Waals surface area contributed by atoms with Crippen LogP contribution in [0.5, 0.6) is 0 Å². The molecule has 0 aliphatic heterocycles. The van der Waals surface area contributed by atoms with Crippen molar-refractivity contribution >= 4 is 33.9 Å². The lowest BCUT2D eigenvalue weighted by molar-refractivity contribution is -0.138. The number of halogens is 1. The Hall–Kier alpha value is -1.56. The SMILES string of the molecule is CC(C)(C)C(CC(=O)O)NC(=O)/C=C/c1ccc(Br)o1. The predicted octanol–water partition coefficient (Wildman–Crippen LogP) is 3.06. The molecule has 1 atom stereocenters. The topological polar surface area (TPSA) is 79.5 Å². The van der Waals surface area contributed by atoms with E-state index >= 15 is 0 Å². The number of carboxylic acids is 1. The van der Waals surface area contributed by atoms with Gasteiger partial charge in [0.2, 0.25) is 5.91 Å². The van der Waals surface area contributed by atoms with Gasteiger partial charge < -0.3 is 14.8 Å². The quantitative estimate of drug-likeness (QED) is 0.805. The number of rotatable bonds is 5. The third-order valence-electron chi connectivity index (χ3n) is 2.73. The minimum Gasteiger partial charge on any atom is -0.481 e. The van der Waals surface area contributed by atoms with E-state index in [-0.39, 0.29) is 17.7 Å². The number of amides is 1. The first-order valence-electron chi connectivity index (χ1n) is 6.14. The van der Waals surface area contributed by atoms with Gasteiger partial charge in [0.25, 0.3) is 0 Å². The Bertz CT molecular complexity index is 513. The number of carboxylic acid groups (broad SMARTS) is 1. The minimum absolute atomic E-state index is 0.116. The molecule has 20 heavy (non-hydrogen) atoms. The van der Waals surface area contributed by atoms with E-state index in [2.05, 4.69) is 21.2 Å². The van der Waals surface area contributed by atoms with Crippen LogP contribution in [0, 0.1) is 5.41 Å². The average molecular weight is 344 g/mol. The van der Waals surface area contributed by atoms with Crippen LogP contribution >= 0.6 is 15.9 Å². The highest BCUT2D eigenvalue weighted by molar-refractivity contribution is 9.10. The Morgan fingerprint density at radius 3 is 2.55 bits per heavy atom. The molecule has 0 aliphatic rings. The van der Waals surface area contributed by atoms with Crippen molar-refractivity contribution in [1.29, 1.82) is 0 Å². The van der Waals surface area contributed by atoms with Crippen molar-refractivity contribution in [2.24, 2.45) is 5.41 Å². The van der Waals surface area contributed by atoms with E-state index in [1.165, 1.54) is 12.2 Å². The van der Waals surface area contributed by atoms with E-state index in [1.807, 2.05) is 20.8 Å². The number of furan rings is 1. The van der Waals surface area contributed by atoms with Crippen LogP contribution in [0.3, 0.4) is 0 Å². The van der Waals surface area contributed by atoms with E-state index in [0.29, 0.717) is 10.4 Å². The van der Waals surface area contributed by atoms with Crippen LogP contribution in [0.25, 0.3) is 6.08 Å². The van der Waals surface area contributed by atoms with Gasteiger partial charge in [0, 0.05) is 12.1 Å². The summed E-state index contributed by atoms with van der Waals surface area (Å²) >= 11 is 3.17. The summed E-state index contributed by atoms with van der Waals surface area (Å²) in [5.41, 5.74) is -0.338. The van der Waals surface area contributed by atoms with Crippen molar-refractivity contribution in [2.45, 2.75) is 33.2 Å². The fraction of sp³-hybridized carbons (Fsp3) is 0.429. The molecule has 1 aromatic rings. The maximum Gasteiger partial charge on any atom is 0.305 e. The van der Waals surface area contributed by atoms with Gasteiger partial charge in [-0.1, -0.05) is 20.8 Å². The predicted molar refractivity (Wildman–Crippen MR) is 79.1 cm³/mol. The standard InChI is InChI=1S/C14H18BrNO4/c1-14(2,3)10(8-13(18)19)16-12(17)7-5-9-4-6-11(15)20-9/h4-7,10H,8H2,1-3H3,(H,16,17)(H,18,19)/b7-5+. The summed E-state index contributed by atoms with van der Waals surface area (Å²) in [6.07, 6.45) is 2.74. The summed E-state index contributed by atoms with van der Waals surface area (Å²) in [6.45, 7) is 5.65. The molecule has 1 unspecified atom stereocenters. The van der Waals surface area contributed by atoms with Crippen LogP contribution in [0.15, 0.2) is 27.3 Å². The Morgan fingerprint density at radius 2 is 2.10 bits per heavy atom. The van der Waals surface area contributed by atoms with Gasteiger partial charge >= 0.3 is 5.97 Å². The van der Waals surface area contributed by atoms with E-state index in [0.717, 1.165) is 0 Å². The molecule has 110 valence electrons. The van der Waals surface area contributed by atoms with Gasteiger partial charge in [-0.05, 0) is 39.6 Å². The smallest absolute Gasteiger partial charge is 0.305 e. The molecule has 0 aromatic carbocycles. The summed E-state index contributed by atoms with van der Waals surface area (Å²) in [5.74, 6) is -0.750. The van der Waals surface area contributed by atoms with Crippen LogP contribution in [0.4, 0.5) is 0 Å². The molecule has 2 N–H and O–H groups in total. The number of nitrogens with one attached hydrogen (secondary N) is 1. The van der Waals surface area contributed by atoms with E-state index in [9.17, 15) is 9.59 Å². The molecule has 1 aromatic heterocycles. The van der Waals surface area contributed by atoms with Crippen molar-refractivity contribution in [1.82, 2.24) is 5.32 Å². The summed E-state index contributed by atoms with van der Waals surface area (Å²) < 4.78 is 5.81. The lowest BCUT2D eigenvalue weighted by Crippen LogP contribution is -2.44. The molecule has 0 bridgehead atoms. The molecule has 1 heterocycles. The van der Waals surface area contributed by atoms with Crippen LogP contribution in [0.2, 0.25) is 0 Å². The van der Waals surface area contributed by atoms with Gasteiger partial charge in [-0.3, -0.25) is 9.59 Å². The zero-order chi connectivity index (χ0) is 15.3. The van der Waals surface area contributed by atoms with Gasteiger partial charge in [0.1, 0.15) is 5.76 Å². The largest absolute Gasteiger partial charge is 0.481 e. The lowest BCUT2D eigenvalue weighted by atomic mass is 9.84. The molecule has 1 rings (SSSR count). The molecule has 0 spiro atoms. The number of carbonyl (C=O) groups is 2. The highest BCUT2D eigenvalue weighted by Crippen LogP contribution is 2.22. The highest BCUT2D eigenvalue weighted by Gasteiger charge is 2.27. The lowest BCUT2D eigenvalue weighted by Gasteiger charge is -2.29. The number of hydrogen-bond donors (Lipinski definition) is 2.